The SMILES string of the molecule is COc1cccc(CCNC(=O)C2(C(=O)Nc3cccc(Cl)c3C)CC2)c1. The fraction of sp³-hybridized carbons (Fsp3) is 0.333. The Morgan fingerprint density at radius 3 is 2.59 bits per heavy atom. The van der Waals surface area contributed by atoms with Crippen LogP contribution in [0.5, 0.6) is 5.75 Å². The van der Waals surface area contributed by atoms with Gasteiger partial charge in [0.2, 0.25) is 11.8 Å². The molecule has 6 heteroatoms. The number of anilines is 1. The second-order valence-corrected chi connectivity index (χ2v) is 7.21. The Bertz CT molecular complexity index is 862. The van der Waals surface area contributed by atoms with Crippen molar-refractivity contribution in [2.75, 3.05) is 19.0 Å². The second kappa shape index (κ2) is 8.01. The van der Waals surface area contributed by atoms with Gasteiger partial charge in [0.25, 0.3) is 0 Å². The average Bonchev–Trinajstić information content (AvgIpc) is 3.48. The molecular weight excluding hydrogens is 364 g/mol. The molecule has 2 amide bonds. The van der Waals surface area contributed by atoms with Crippen molar-refractivity contribution in [3.8, 4) is 5.75 Å². The molecule has 0 unspecified atom stereocenters. The van der Waals surface area contributed by atoms with Crippen molar-refractivity contribution in [3.63, 3.8) is 0 Å². The summed E-state index contributed by atoms with van der Waals surface area (Å²) in [5.74, 6) is 0.295. The average molecular weight is 387 g/mol. The summed E-state index contributed by atoms with van der Waals surface area (Å²) in [7, 11) is 1.62. The maximum absolute atomic E-state index is 12.7. The quantitative estimate of drug-likeness (QED) is 0.712. The molecule has 5 nitrogen and oxygen atoms in total. The summed E-state index contributed by atoms with van der Waals surface area (Å²) in [5, 5.41) is 6.34. The van der Waals surface area contributed by atoms with Gasteiger partial charge < -0.3 is 15.4 Å². The van der Waals surface area contributed by atoms with Crippen molar-refractivity contribution in [2.45, 2.75) is 26.2 Å². The van der Waals surface area contributed by atoms with Crippen LogP contribution in [-0.2, 0) is 16.0 Å². The zero-order chi connectivity index (χ0) is 19.4. The predicted octanol–water partition coefficient (Wildman–Crippen LogP) is 3.73. The van der Waals surface area contributed by atoms with Crippen LogP contribution >= 0.6 is 11.6 Å². The maximum atomic E-state index is 12.7. The number of hydrogen-bond donors (Lipinski definition) is 2. The summed E-state index contributed by atoms with van der Waals surface area (Å²) in [6, 6.07) is 13.0. The van der Waals surface area contributed by atoms with Crippen LogP contribution in [0.3, 0.4) is 0 Å². The van der Waals surface area contributed by atoms with E-state index in [0.29, 0.717) is 36.5 Å². The molecule has 2 aromatic rings. The minimum absolute atomic E-state index is 0.220. The summed E-state index contributed by atoms with van der Waals surface area (Å²) < 4.78 is 5.20. The topological polar surface area (TPSA) is 67.4 Å². The van der Waals surface area contributed by atoms with Gasteiger partial charge in [0.1, 0.15) is 11.2 Å². The third-order valence-electron chi connectivity index (χ3n) is 4.97. The number of rotatable bonds is 7. The Hall–Kier alpha value is -2.53. The van der Waals surface area contributed by atoms with Crippen molar-refractivity contribution in [1.29, 1.82) is 0 Å². The Morgan fingerprint density at radius 1 is 1.15 bits per heavy atom. The van der Waals surface area contributed by atoms with Gasteiger partial charge in [-0.15, -0.1) is 0 Å². The van der Waals surface area contributed by atoms with E-state index in [2.05, 4.69) is 10.6 Å². The molecule has 0 spiro atoms. The van der Waals surface area contributed by atoms with Gasteiger partial charge in [-0.2, -0.15) is 0 Å². The minimum Gasteiger partial charge on any atom is -0.497 e. The van der Waals surface area contributed by atoms with Crippen LogP contribution in [0, 0.1) is 12.3 Å². The monoisotopic (exact) mass is 386 g/mol. The zero-order valence-corrected chi connectivity index (χ0v) is 16.2. The number of carbonyl (C=O) groups is 2. The summed E-state index contributed by atoms with van der Waals surface area (Å²) in [5.41, 5.74) is 1.53. The number of halogens is 1. The fourth-order valence-electron chi connectivity index (χ4n) is 2.98. The first-order valence-electron chi connectivity index (χ1n) is 8.94. The molecule has 0 saturated heterocycles. The largest absolute Gasteiger partial charge is 0.497 e. The molecule has 0 bridgehead atoms. The molecule has 1 saturated carbocycles. The van der Waals surface area contributed by atoms with Crippen molar-refractivity contribution < 1.29 is 14.3 Å². The van der Waals surface area contributed by atoms with E-state index in [-0.39, 0.29) is 11.8 Å². The van der Waals surface area contributed by atoms with Gasteiger partial charge in [0, 0.05) is 17.3 Å². The van der Waals surface area contributed by atoms with Gasteiger partial charge in [0.05, 0.1) is 7.11 Å². The summed E-state index contributed by atoms with van der Waals surface area (Å²) >= 11 is 6.10. The van der Waals surface area contributed by atoms with Crippen LogP contribution in [0.25, 0.3) is 0 Å². The van der Waals surface area contributed by atoms with Crippen LogP contribution in [0.15, 0.2) is 42.5 Å². The van der Waals surface area contributed by atoms with Crippen LogP contribution in [0.2, 0.25) is 5.02 Å². The third-order valence-corrected chi connectivity index (χ3v) is 5.38. The van der Waals surface area contributed by atoms with E-state index in [1.165, 1.54) is 0 Å². The molecule has 0 aromatic heterocycles. The number of amides is 2. The van der Waals surface area contributed by atoms with Crippen molar-refractivity contribution in [3.05, 3.63) is 58.6 Å². The number of hydrogen-bond acceptors (Lipinski definition) is 3. The van der Waals surface area contributed by atoms with E-state index in [9.17, 15) is 9.59 Å². The standard InChI is InChI=1S/C21H23ClN2O3/c1-14-17(22)7-4-8-18(14)24-20(26)21(10-11-21)19(25)23-12-9-15-5-3-6-16(13-15)27-2/h3-8,13H,9-12H2,1-2H3,(H,23,25)(H,24,26). The number of benzene rings is 2. The summed E-state index contributed by atoms with van der Waals surface area (Å²) in [4.78, 5) is 25.3. The van der Waals surface area contributed by atoms with Gasteiger partial charge in [-0.3, -0.25) is 9.59 Å². The third kappa shape index (κ3) is 4.25. The molecule has 0 aliphatic heterocycles. The zero-order valence-electron chi connectivity index (χ0n) is 15.5. The van der Waals surface area contributed by atoms with E-state index < -0.39 is 5.41 Å². The molecule has 2 aromatic carbocycles. The van der Waals surface area contributed by atoms with E-state index >= 15 is 0 Å². The molecule has 1 aliphatic carbocycles. The van der Waals surface area contributed by atoms with Crippen LogP contribution in [0.1, 0.15) is 24.0 Å². The van der Waals surface area contributed by atoms with Crippen molar-refractivity contribution in [1.82, 2.24) is 5.32 Å². The lowest BCUT2D eigenvalue weighted by molar-refractivity contribution is -0.134. The predicted molar refractivity (Wildman–Crippen MR) is 106 cm³/mol. The summed E-state index contributed by atoms with van der Waals surface area (Å²) in [6.07, 6.45) is 1.79. The Balaban J connectivity index is 1.57. The molecule has 2 N–H and O–H groups in total. The van der Waals surface area contributed by atoms with Crippen molar-refractivity contribution >= 4 is 29.1 Å². The highest BCUT2D eigenvalue weighted by Crippen LogP contribution is 2.47. The van der Waals surface area contributed by atoms with Gasteiger partial charge in [-0.1, -0.05) is 29.8 Å². The Labute approximate surface area is 164 Å². The fourth-order valence-corrected chi connectivity index (χ4v) is 3.16. The van der Waals surface area contributed by atoms with Crippen LogP contribution in [0.4, 0.5) is 5.69 Å². The first kappa shape index (κ1) is 19.2. The molecule has 27 heavy (non-hydrogen) atoms. The minimum atomic E-state index is -0.969. The summed E-state index contributed by atoms with van der Waals surface area (Å²) in [6.45, 7) is 2.31. The van der Waals surface area contributed by atoms with Gasteiger partial charge >= 0.3 is 0 Å². The number of carbonyl (C=O) groups excluding carboxylic acids is 2. The second-order valence-electron chi connectivity index (χ2n) is 6.81. The number of nitrogens with one attached hydrogen (secondary N) is 2. The first-order valence-corrected chi connectivity index (χ1v) is 9.32. The highest BCUT2D eigenvalue weighted by atomic mass is 35.5. The lowest BCUT2D eigenvalue weighted by atomic mass is 10.0. The lowest BCUT2D eigenvalue weighted by Crippen LogP contribution is -2.40. The van der Waals surface area contributed by atoms with Gasteiger partial charge in [0.15, 0.2) is 0 Å². The molecular formula is C21H23ClN2O3. The molecule has 1 fully saturated rings. The first-order chi connectivity index (χ1) is 13.0. The molecule has 3 rings (SSSR count). The number of methoxy groups -OCH3 is 1. The lowest BCUT2D eigenvalue weighted by Gasteiger charge is -2.17. The molecule has 0 atom stereocenters. The van der Waals surface area contributed by atoms with E-state index in [1.54, 1.807) is 25.3 Å². The number of ether oxygens (including phenoxy) is 1. The highest BCUT2D eigenvalue weighted by molar-refractivity contribution is 6.31. The van der Waals surface area contributed by atoms with Crippen LogP contribution < -0.4 is 15.4 Å². The Morgan fingerprint density at radius 2 is 1.89 bits per heavy atom. The molecule has 0 radical (unpaired) electrons. The maximum Gasteiger partial charge on any atom is 0.240 e. The van der Waals surface area contributed by atoms with Gasteiger partial charge in [-0.25, -0.2) is 0 Å². The van der Waals surface area contributed by atoms with Gasteiger partial charge in [-0.05, 0) is 61.6 Å². The van der Waals surface area contributed by atoms with E-state index in [4.69, 9.17) is 16.3 Å². The smallest absolute Gasteiger partial charge is 0.240 e. The normalized spacial score (nSPS) is 14.3. The highest BCUT2D eigenvalue weighted by Gasteiger charge is 2.56. The molecule has 0 heterocycles. The molecule has 1 aliphatic rings. The van der Waals surface area contributed by atoms with E-state index in [1.807, 2.05) is 31.2 Å². The van der Waals surface area contributed by atoms with Crippen molar-refractivity contribution in [2.24, 2.45) is 5.41 Å². The van der Waals surface area contributed by atoms with Crippen LogP contribution in [-0.4, -0.2) is 25.5 Å². The molecule has 142 valence electrons. The Kier molecular flexibility index (Phi) is 5.71. The van der Waals surface area contributed by atoms with E-state index in [0.717, 1.165) is 16.9 Å².